The number of anilines is 1. The third-order valence-corrected chi connectivity index (χ3v) is 4.80. The molecule has 9 heteroatoms. The summed E-state index contributed by atoms with van der Waals surface area (Å²) in [6, 6.07) is -0.116. The van der Waals surface area contributed by atoms with E-state index in [1.165, 1.54) is 11.5 Å². The lowest BCUT2D eigenvalue weighted by molar-refractivity contribution is -0.120. The van der Waals surface area contributed by atoms with Crippen molar-refractivity contribution in [2.24, 2.45) is 0 Å². The van der Waals surface area contributed by atoms with Crippen molar-refractivity contribution in [2.45, 2.75) is 24.5 Å². The molecule has 0 bridgehead atoms. The molecule has 7 nitrogen and oxygen atoms in total. The predicted octanol–water partition coefficient (Wildman–Crippen LogP) is 0.672. The highest BCUT2D eigenvalue weighted by molar-refractivity contribution is 7.99. The fourth-order valence-corrected chi connectivity index (χ4v) is 3.34. The molecule has 1 aliphatic heterocycles. The zero-order valence-electron chi connectivity index (χ0n) is 11.9. The van der Waals surface area contributed by atoms with Gasteiger partial charge in [0.2, 0.25) is 16.2 Å². The van der Waals surface area contributed by atoms with Crippen LogP contribution in [-0.2, 0) is 9.53 Å². The summed E-state index contributed by atoms with van der Waals surface area (Å²) < 4.78 is 9.48. The number of carbonyl (C=O) groups excluding carboxylic acids is 1. The minimum absolute atomic E-state index is 0.0100. The lowest BCUT2D eigenvalue weighted by Gasteiger charge is -2.33. The van der Waals surface area contributed by atoms with E-state index in [2.05, 4.69) is 21.6 Å². The zero-order chi connectivity index (χ0) is 15.1. The van der Waals surface area contributed by atoms with Gasteiger partial charge >= 0.3 is 0 Å². The monoisotopic (exact) mass is 332 g/mol. The molecular formula is C12H20N4O3S2. The number of hydrogen-bond donors (Lipinski definition) is 2. The Hall–Kier alpha value is -0.740. The van der Waals surface area contributed by atoms with E-state index in [0.29, 0.717) is 30.0 Å². The van der Waals surface area contributed by atoms with Gasteiger partial charge in [0.15, 0.2) is 0 Å². The maximum atomic E-state index is 12.0. The van der Waals surface area contributed by atoms with Crippen LogP contribution in [0.15, 0.2) is 5.16 Å². The van der Waals surface area contributed by atoms with Gasteiger partial charge < -0.3 is 9.84 Å². The van der Waals surface area contributed by atoms with Gasteiger partial charge in [-0.25, -0.2) is 0 Å². The summed E-state index contributed by atoms with van der Waals surface area (Å²) >= 11 is 2.78. The first kappa shape index (κ1) is 16.6. The van der Waals surface area contributed by atoms with Gasteiger partial charge in [-0.1, -0.05) is 18.7 Å². The Kier molecular flexibility index (Phi) is 6.84. The average molecular weight is 332 g/mol. The SMILES string of the molecule is CCCSc1nsc(NC(=O)CN2CCOCC2CO)n1. The summed E-state index contributed by atoms with van der Waals surface area (Å²) in [5.74, 6) is 0.828. The molecule has 1 aromatic rings. The number of hydrogen-bond acceptors (Lipinski definition) is 8. The number of carbonyl (C=O) groups is 1. The first-order valence-electron chi connectivity index (χ1n) is 6.92. The first-order chi connectivity index (χ1) is 10.2. The Morgan fingerprint density at radius 1 is 1.67 bits per heavy atom. The van der Waals surface area contributed by atoms with Crippen LogP contribution < -0.4 is 5.32 Å². The van der Waals surface area contributed by atoms with Crippen LogP contribution in [0.1, 0.15) is 13.3 Å². The molecule has 1 saturated heterocycles. The van der Waals surface area contributed by atoms with Gasteiger partial charge in [0, 0.05) is 23.8 Å². The molecule has 0 aliphatic carbocycles. The number of aliphatic hydroxyl groups excluding tert-OH is 1. The van der Waals surface area contributed by atoms with E-state index in [1.807, 2.05) is 4.90 Å². The van der Waals surface area contributed by atoms with Crippen molar-refractivity contribution in [1.82, 2.24) is 14.3 Å². The molecule has 1 unspecified atom stereocenters. The number of amides is 1. The number of aromatic nitrogens is 2. The Morgan fingerprint density at radius 3 is 3.29 bits per heavy atom. The highest BCUT2D eigenvalue weighted by atomic mass is 32.2. The number of nitrogens with zero attached hydrogens (tertiary/aromatic N) is 3. The van der Waals surface area contributed by atoms with Crippen LogP contribution in [0.4, 0.5) is 5.13 Å². The van der Waals surface area contributed by atoms with E-state index in [4.69, 9.17) is 4.74 Å². The third kappa shape index (κ3) is 5.19. The molecule has 0 aromatic carbocycles. The predicted molar refractivity (Wildman–Crippen MR) is 82.8 cm³/mol. The van der Waals surface area contributed by atoms with Crippen molar-refractivity contribution < 1.29 is 14.6 Å². The Balaban J connectivity index is 1.82. The Labute approximate surface area is 132 Å². The molecule has 1 fully saturated rings. The fourth-order valence-electron chi connectivity index (χ4n) is 1.92. The molecule has 2 rings (SSSR count). The van der Waals surface area contributed by atoms with Crippen LogP contribution in [0.25, 0.3) is 0 Å². The second-order valence-electron chi connectivity index (χ2n) is 4.66. The summed E-state index contributed by atoms with van der Waals surface area (Å²) in [7, 11) is 0. The number of aliphatic hydroxyl groups is 1. The summed E-state index contributed by atoms with van der Waals surface area (Å²) in [6.45, 7) is 4.00. The van der Waals surface area contributed by atoms with Crippen LogP contribution in [0.2, 0.25) is 0 Å². The minimum Gasteiger partial charge on any atom is -0.395 e. The topological polar surface area (TPSA) is 87.6 Å². The molecule has 1 atom stereocenters. The minimum atomic E-state index is -0.140. The Bertz CT molecular complexity index is 457. The maximum absolute atomic E-state index is 12.0. The lowest BCUT2D eigenvalue weighted by atomic mass is 10.2. The van der Waals surface area contributed by atoms with E-state index in [-0.39, 0.29) is 25.1 Å². The van der Waals surface area contributed by atoms with Crippen molar-refractivity contribution in [3.8, 4) is 0 Å². The number of morpholine rings is 1. The molecule has 2 heterocycles. The normalized spacial score (nSPS) is 19.6. The second kappa shape index (κ2) is 8.64. The molecule has 21 heavy (non-hydrogen) atoms. The summed E-state index contributed by atoms with van der Waals surface area (Å²) in [6.07, 6.45) is 1.06. The second-order valence-corrected chi connectivity index (χ2v) is 6.47. The van der Waals surface area contributed by atoms with Crippen molar-refractivity contribution in [2.75, 3.05) is 44.0 Å². The van der Waals surface area contributed by atoms with Gasteiger partial charge in [0.25, 0.3) is 0 Å². The van der Waals surface area contributed by atoms with Gasteiger partial charge in [0.05, 0.1) is 32.4 Å². The maximum Gasteiger partial charge on any atom is 0.240 e. The third-order valence-electron chi connectivity index (χ3n) is 3.00. The van der Waals surface area contributed by atoms with Crippen molar-refractivity contribution in [1.29, 1.82) is 0 Å². The quantitative estimate of drug-likeness (QED) is 0.710. The van der Waals surface area contributed by atoms with Gasteiger partial charge in [0.1, 0.15) is 0 Å². The molecule has 0 saturated carbocycles. The van der Waals surface area contributed by atoms with Crippen LogP contribution in [0.3, 0.4) is 0 Å². The van der Waals surface area contributed by atoms with Crippen molar-refractivity contribution in [3.63, 3.8) is 0 Å². The summed E-state index contributed by atoms with van der Waals surface area (Å²) in [4.78, 5) is 18.2. The van der Waals surface area contributed by atoms with Gasteiger partial charge in [-0.3, -0.25) is 15.0 Å². The standard InChI is InChI=1S/C12H20N4O3S2/c1-2-5-20-12-14-11(21-15-12)13-10(18)6-16-3-4-19-8-9(16)7-17/h9,17H,2-8H2,1H3,(H,13,14,15,18). The van der Waals surface area contributed by atoms with Crippen LogP contribution in [-0.4, -0.2) is 70.0 Å². The van der Waals surface area contributed by atoms with E-state index in [0.717, 1.165) is 12.2 Å². The van der Waals surface area contributed by atoms with Crippen LogP contribution in [0.5, 0.6) is 0 Å². The molecule has 1 aromatic heterocycles. The van der Waals surface area contributed by atoms with E-state index in [9.17, 15) is 9.90 Å². The largest absolute Gasteiger partial charge is 0.395 e. The van der Waals surface area contributed by atoms with Crippen LogP contribution >= 0.6 is 23.3 Å². The molecule has 2 N–H and O–H groups in total. The van der Waals surface area contributed by atoms with E-state index in [1.54, 1.807) is 11.8 Å². The van der Waals surface area contributed by atoms with Gasteiger partial charge in [-0.15, -0.1) is 0 Å². The Morgan fingerprint density at radius 2 is 2.52 bits per heavy atom. The van der Waals surface area contributed by atoms with Crippen molar-refractivity contribution >= 4 is 34.3 Å². The average Bonchev–Trinajstić information content (AvgIpc) is 2.93. The molecule has 0 radical (unpaired) electrons. The van der Waals surface area contributed by atoms with Crippen molar-refractivity contribution in [3.05, 3.63) is 0 Å². The lowest BCUT2D eigenvalue weighted by Crippen LogP contribution is -2.50. The highest BCUT2D eigenvalue weighted by Gasteiger charge is 2.24. The van der Waals surface area contributed by atoms with Gasteiger partial charge in [-0.05, 0) is 6.42 Å². The van der Waals surface area contributed by atoms with E-state index < -0.39 is 0 Å². The number of nitrogens with one attached hydrogen (secondary N) is 1. The summed E-state index contributed by atoms with van der Waals surface area (Å²) in [5.41, 5.74) is 0. The first-order valence-corrected chi connectivity index (χ1v) is 8.67. The number of ether oxygens (including phenoxy) is 1. The number of thioether (sulfide) groups is 1. The van der Waals surface area contributed by atoms with Crippen LogP contribution in [0, 0.1) is 0 Å². The smallest absolute Gasteiger partial charge is 0.240 e. The molecule has 118 valence electrons. The summed E-state index contributed by atoms with van der Waals surface area (Å²) in [5, 5.41) is 13.3. The molecule has 1 aliphatic rings. The highest BCUT2D eigenvalue weighted by Crippen LogP contribution is 2.20. The molecule has 1 amide bonds. The molecular weight excluding hydrogens is 312 g/mol. The molecule has 0 spiro atoms. The number of rotatable bonds is 7. The fraction of sp³-hybridized carbons (Fsp3) is 0.750. The van der Waals surface area contributed by atoms with E-state index >= 15 is 0 Å². The zero-order valence-corrected chi connectivity index (χ0v) is 13.6. The van der Waals surface area contributed by atoms with Gasteiger partial charge in [-0.2, -0.15) is 9.36 Å².